The van der Waals surface area contributed by atoms with Crippen molar-refractivity contribution in [1.82, 2.24) is 10.1 Å². The maximum absolute atomic E-state index is 12.4. The van der Waals surface area contributed by atoms with E-state index in [2.05, 4.69) is 15.5 Å². The topological polar surface area (TPSA) is 94.3 Å². The molecule has 3 rings (SSSR count). The van der Waals surface area contributed by atoms with Crippen molar-refractivity contribution in [3.8, 4) is 0 Å². The Kier molecular flexibility index (Phi) is 5.18. The lowest BCUT2D eigenvalue weighted by molar-refractivity contribution is -0.124. The van der Waals surface area contributed by atoms with Crippen LogP contribution in [0.15, 0.2) is 40.9 Å². The maximum atomic E-state index is 12.4. The van der Waals surface area contributed by atoms with Crippen LogP contribution in [-0.2, 0) is 9.53 Å². The van der Waals surface area contributed by atoms with Crippen molar-refractivity contribution < 1.29 is 18.8 Å². The number of aromatic nitrogens is 2. The summed E-state index contributed by atoms with van der Waals surface area (Å²) in [5.41, 5.74) is 0.991. The molecule has 7 nitrogen and oxygen atoms in total. The molecular formula is C18H16ClN3O4. The van der Waals surface area contributed by atoms with E-state index < -0.39 is 18.0 Å². The van der Waals surface area contributed by atoms with Gasteiger partial charge in [-0.1, -0.05) is 23.7 Å². The van der Waals surface area contributed by atoms with Crippen LogP contribution in [0.5, 0.6) is 0 Å². The smallest absolute Gasteiger partial charge is 0.338 e. The number of nitrogens with zero attached hydrogens (tertiary/aromatic N) is 2. The first-order chi connectivity index (χ1) is 12.5. The number of carbonyl (C=O) groups excluding carboxylic acids is 2. The highest BCUT2D eigenvalue weighted by atomic mass is 35.5. The second-order valence-electron chi connectivity index (χ2n) is 5.66. The fourth-order valence-electron chi connectivity index (χ4n) is 2.38. The van der Waals surface area contributed by atoms with E-state index in [1.165, 1.54) is 0 Å². The van der Waals surface area contributed by atoms with Gasteiger partial charge in [0, 0.05) is 11.5 Å². The van der Waals surface area contributed by atoms with Gasteiger partial charge < -0.3 is 14.6 Å². The van der Waals surface area contributed by atoms with Crippen molar-refractivity contribution in [2.24, 2.45) is 0 Å². The number of anilines is 1. The predicted octanol–water partition coefficient (Wildman–Crippen LogP) is 3.76. The summed E-state index contributed by atoms with van der Waals surface area (Å²) in [6, 6.07) is 9.89. The average molecular weight is 374 g/mol. The molecule has 0 saturated carbocycles. The molecule has 2 aromatic heterocycles. The lowest BCUT2D eigenvalue weighted by Crippen LogP contribution is -2.32. The second-order valence-corrected chi connectivity index (χ2v) is 6.04. The van der Waals surface area contributed by atoms with Gasteiger partial charge in [-0.2, -0.15) is 0 Å². The van der Waals surface area contributed by atoms with Crippen molar-refractivity contribution in [1.29, 1.82) is 0 Å². The summed E-state index contributed by atoms with van der Waals surface area (Å²) in [6.07, 6.45) is -0.627. The Morgan fingerprint density at radius 3 is 2.77 bits per heavy atom. The summed E-state index contributed by atoms with van der Waals surface area (Å²) in [5, 5.41) is 7.37. The minimum Gasteiger partial charge on any atom is -0.449 e. The minimum absolute atomic E-state index is 0.274. The van der Waals surface area contributed by atoms with E-state index in [1.54, 1.807) is 50.2 Å². The number of esters is 1. The number of hydrogen-bond donors (Lipinski definition) is 1. The Morgan fingerprint density at radius 1 is 1.27 bits per heavy atom. The fourth-order valence-corrected chi connectivity index (χ4v) is 2.53. The SMILES string of the molecule is CCC(OC(=O)c1ccc2nc(Cl)ccc2c1)C(=O)Nc1cc(C)on1. The Bertz CT molecular complexity index is 970. The van der Waals surface area contributed by atoms with Gasteiger partial charge in [0.2, 0.25) is 0 Å². The molecule has 2 heterocycles. The van der Waals surface area contributed by atoms with E-state index in [9.17, 15) is 9.59 Å². The van der Waals surface area contributed by atoms with Gasteiger partial charge in [-0.05, 0) is 43.7 Å². The third-order valence-electron chi connectivity index (χ3n) is 3.68. The Morgan fingerprint density at radius 2 is 2.08 bits per heavy atom. The Balaban J connectivity index is 1.72. The number of benzene rings is 1. The number of amides is 1. The van der Waals surface area contributed by atoms with Gasteiger partial charge in [0.15, 0.2) is 11.9 Å². The van der Waals surface area contributed by atoms with Gasteiger partial charge in [-0.3, -0.25) is 4.79 Å². The minimum atomic E-state index is -0.946. The number of pyridine rings is 1. The molecule has 0 aliphatic heterocycles. The van der Waals surface area contributed by atoms with Gasteiger partial charge in [0.25, 0.3) is 5.91 Å². The highest BCUT2D eigenvalue weighted by molar-refractivity contribution is 6.29. The molecule has 1 unspecified atom stereocenters. The summed E-state index contributed by atoms with van der Waals surface area (Å²) in [4.78, 5) is 28.8. The van der Waals surface area contributed by atoms with Gasteiger partial charge in [-0.15, -0.1) is 0 Å². The Labute approximate surface area is 154 Å². The molecule has 0 saturated heterocycles. The standard InChI is InChI=1S/C18H16ClN3O4/c1-3-14(17(23)21-16-8-10(2)26-22-16)25-18(24)12-4-6-13-11(9-12)5-7-15(19)20-13/h4-9,14H,3H2,1-2H3,(H,21,22,23). The van der Waals surface area contributed by atoms with E-state index in [4.69, 9.17) is 20.9 Å². The monoisotopic (exact) mass is 373 g/mol. The number of rotatable bonds is 5. The molecule has 1 atom stereocenters. The Hall–Kier alpha value is -2.93. The molecule has 1 amide bonds. The number of ether oxygens (including phenoxy) is 1. The quantitative estimate of drug-likeness (QED) is 0.540. The summed E-state index contributed by atoms with van der Waals surface area (Å²) >= 11 is 5.85. The molecule has 134 valence electrons. The van der Waals surface area contributed by atoms with Gasteiger partial charge in [-0.25, -0.2) is 9.78 Å². The summed E-state index contributed by atoms with van der Waals surface area (Å²) in [7, 11) is 0. The largest absolute Gasteiger partial charge is 0.449 e. The number of nitrogens with one attached hydrogen (secondary N) is 1. The third kappa shape index (κ3) is 4.00. The molecule has 8 heteroatoms. The lowest BCUT2D eigenvalue weighted by Gasteiger charge is -2.15. The van der Waals surface area contributed by atoms with Crippen LogP contribution in [0, 0.1) is 6.92 Å². The molecule has 0 fully saturated rings. The van der Waals surface area contributed by atoms with Crippen LogP contribution in [0.2, 0.25) is 5.15 Å². The molecule has 1 aromatic carbocycles. The zero-order valence-corrected chi connectivity index (χ0v) is 14.9. The van der Waals surface area contributed by atoms with E-state index in [-0.39, 0.29) is 5.82 Å². The van der Waals surface area contributed by atoms with Crippen molar-refractivity contribution >= 4 is 40.2 Å². The van der Waals surface area contributed by atoms with Crippen LogP contribution in [-0.4, -0.2) is 28.1 Å². The molecule has 26 heavy (non-hydrogen) atoms. The van der Waals surface area contributed by atoms with Crippen LogP contribution in [0.4, 0.5) is 5.82 Å². The predicted molar refractivity (Wildman–Crippen MR) is 96.1 cm³/mol. The van der Waals surface area contributed by atoms with Crippen LogP contribution >= 0.6 is 11.6 Å². The van der Waals surface area contributed by atoms with Crippen LogP contribution in [0.1, 0.15) is 29.5 Å². The summed E-state index contributed by atoms with van der Waals surface area (Å²) < 4.78 is 10.2. The van der Waals surface area contributed by atoms with Gasteiger partial charge >= 0.3 is 5.97 Å². The molecule has 0 spiro atoms. The zero-order valence-electron chi connectivity index (χ0n) is 14.2. The first kappa shape index (κ1) is 17.9. The number of halogens is 1. The van der Waals surface area contributed by atoms with E-state index >= 15 is 0 Å². The van der Waals surface area contributed by atoms with Crippen molar-refractivity contribution in [2.75, 3.05) is 5.32 Å². The van der Waals surface area contributed by atoms with Gasteiger partial charge in [0.1, 0.15) is 10.9 Å². The maximum Gasteiger partial charge on any atom is 0.338 e. The summed E-state index contributed by atoms with van der Waals surface area (Å²) in [5.74, 6) is -0.227. The average Bonchev–Trinajstić information content (AvgIpc) is 3.03. The van der Waals surface area contributed by atoms with Crippen LogP contribution < -0.4 is 5.32 Å². The van der Waals surface area contributed by atoms with E-state index in [0.717, 1.165) is 5.39 Å². The van der Waals surface area contributed by atoms with Crippen molar-refractivity contribution in [3.05, 3.63) is 52.9 Å². The van der Waals surface area contributed by atoms with Crippen LogP contribution in [0.3, 0.4) is 0 Å². The first-order valence-electron chi connectivity index (χ1n) is 7.97. The molecule has 0 aliphatic carbocycles. The molecule has 0 aliphatic rings. The molecule has 3 aromatic rings. The zero-order chi connectivity index (χ0) is 18.7. The fraction of sp³-hybridized carbons (Fsp3) is 0.222. The lowest BCUT2D eigenvalue weighted by atomic mass is 10.1. The van der Waals surface area contributed by atoms with E-state index in [0.29, 0.717) is 28.4 Å². The number of hydrogen-bond acceptors (Lipinski definition) is 6. The normalized spacial score (nSPS) is 12.0. The van der Waals surface area contributed by atoms with Gasteiger partial charge in [0.05, 0.1) is 11.1 Å². The van der Waals surface area contributed by atoms with Crippen LogP contribution in [0.25, 0.3) is 10.9 Å². The summed E-state index contributed by atoms with van der Waals surface area (Å²) in [6.45, 7) is 3.46. The number of carbonyl (C=O) groups is 2. The third-order valence-corrected chi connectivity index (χ3v) is 3.89. The number of fused-ring (bicyclic) bond motifs is 1. The highest BCUT2D eigenvalue weighted by Gasteiger charge is 2.23. The van der Waals surface area contributed by atoms with Crippen molar-refractivity contribution in [3.63, 3.8) is 0 Å². The van der Waals surface area contributed by atoms with E-state index in [1.807, 2.05) is 0 Å². The highest BCUT2D eigenvalue weighted by Crippen LogP contribution is 2.18. The molecule has 1 N–H and O–H groups in total. The molecular weight excluding hydrogens is 358 g/mol. The molecule has 0 radical (unpaired) electrons. The first-order valence-corrected chi connectivity index (χ1v) is 8.35. The molecule has 0 bridgehead atoms. The second kappa shape index (κ2) is 7.53. The number of aryl methyl sites for hydroxylation is 1. The van der Waals surface area contributed by atoms with Crippen molar-refractivity contribution in [2.45, 2.75) is 26.4 Å².